The summed E-state index contributed by atoms with van der Waals surface area (Å²) in [7, 11) is 0. The normalized spacial score (nSPS) is 10.7. The maximum Gasteiger partial charge on any atom is 0.216 e. The van der Waals surface area contributed by atoms with Crippen LogP contribution in [0.1, 0.15) is 34.0 Å². The van der Waals surface area contributed by atoms with Crippen molar-refractivity contribution in [2.75, 3.05) is 12.3 Å². The molecule has 3 aromatic rings. The second-order valence-corrected chi connectivity index (χ2v) is 7.95. The summed E-state index contributed by atoms with van der Waals surface area (Å²) in [6, 6.07) is 13.9. The van der Waals surface area contributed by atoms with Crippen molar-refractivity contribution in [3.8, 4) is 5.69 Å². The van der Waals surface area contributed by atoms with Crippen LogP contribution in [-0.2, 0) is 11.2 Å². The molecule has 0 fully saturated rings. The van der Waals surface area contributed by atoms with Gasteiger partial charge in [0.15, 0.2) is 10.9 Å². The fourth-order valence-electron chi connectivity index (χ4n) is 3.11. The van der Waals surface area contributed by atoms with Gasteiger partial charge in [-0.2, -0.15) is 0 Å². The van der Waals surface area contributed by atoms with Crippen molar-refractivity contribution in [1.82, 2.24) is 14.9 Å². The summed E-state index contributed by atoms with van der Waals surface area (Å²) in [6.07, 6.45) is 4.43. The lowest BCUT2D eigenvalue weighted by atomic mass is 10.1. The number of hydrogen-bond acceptors (Lipinski definition) is 4. The first-order valence-corrected chi connectivity index (χ1v) is 10.5. The highest BCUT2D eigenvalue weighted by atomic mass is 32.2. The van der Waals surface area contributed by atoms with Crippen molar-refractivity contribution in [2.24, 2.45) is 0 Å². The van der Waals surface area contributed by atoms with Crippen LogP contribution in [0.5, 0.6) is 0 Å². The quantitative estimate of drug-likeness (QED) is 0.450. The number of amides is 1. The Balaban J connectivity index is 1.61. The Hall–Kier alpha value is -2.86. The van der Waals surface area contributed by atoms with E-state index in [0.29, 0.717) is 17.9 Å². The summed E-state index contributed by atoms with van der Waals surface area (Å²) < 4.78 is 2.03. The van der Waals surface area contributed by atoms with Gasteiger partial charge in [0.25, 0.3) is 0 Å². The standard InChI is InChI=1S/C23H25N3O2S/c1-16-4-9-21(17(2)14-16)26-13-12-25-23(26)29-15-22(28)20-7-5-19(6-8-20)10-11-24-18(3)27/h4-9,12-14H,10-11,15H2,1-3H3,(H,24,27). The molecule has 1 N–H and O–H groups in total. The monoisotopic (exact) mass is 407 g/mol. The van der Waals surface area contributed by atoms with Crippen LogP contribution in [0.3, 0.4) is 0 Å². The number of carbonyl (C=O) groups is 2. The Bertz CT molecular complexity index is 1010. The maximum atomic E-state index is 12.6. The average Bonchev–Trinajstić information content (AvgIpc) is 3.14. The van der Waals surface area contributed by atoms with Gasteiger partial charge in [-0.05, 0) is 37.5 Å². The number of rotatable bonds is 8. The van der Waals surface area contributed by atoms with Crippen LogP contribution in [-0.4, -0.2) is 33.5 Å². The van der Waals surface area contributed by atoms with Crippen molar-refractivity contribution in [3.63, 3.8) is 0 Å². The maximum absolute atomic E-state index is 12.6. The summed E-state index contributed by atoms with van der Waals surface area (Å²) in [5.41, 5.74) is 5.24. The van der Waals surface area contributed by atoms with Crippen molar-refractivity contribution in [3.05, 3.63) is 77.1 Å². The molecule has 0 aliphatic carbocycles. The Morgan fingerprint density at radius 2 is 1.86 bits per heavy atom. The van der Waals surface area contributed by atoms with E-state index in [9.17, 15) is 9.59 Å². The molecule has 1 aromatic heterocycles. The molecule has 0 radical (unpaired) electrons. The third-order valence-electron chi connectivity index (χ3n) is 4.61. The third kappa shape index (κ3) is 5.57. The first-order chi connectivity index (χ1) is 13.9. The minimum Gasteiger partial charge on any atom is -0.356 e. The van der Waals surface area contributed by atoms with Crippen LogP contribution >= 0.6 is 11.8 Å². The number of aryl methyl sites for hydroxylation is 2. The third-order valence-corrected chi connectivity index (χ3v) is 5.58. The molecule has 0 aliphatic heterocycles. The second kappa shape index (κ2) is 9.56. The SMILES string of the molecule is CC(=O)NCCc1ccc(C(=O)CSc2nccn2-c2ccc(C)cc2C)cc1. The summed E-state index contributed by atoms with van der Waals surface area (Å²) >= 11 is 1.44. The average molecular weight is 408 g/mol. The van der Waals surface area contributed by atoms with E-state index < -0.39 is 0 Å². The minimum atomic E-state index is -0.0342. The van der Waals surface area contributed by atoms with Gasteiger partial charge >= 0.3 is 0 Å². The summed E-state index contributed by atoms with van der Waals surface area (Å²) in [4.78, 5) is 28.0. The van der Waals surface area contributed by atoms with E-state index >= 15 is 0 Å². The zero-order valence-corrected chi connectivity index (χ0v) is 17.8. The Morgan fingerprint density at radius 3 is 2.55 bits per heavy atom. The van der Waals surface area contributed by atoms with Crippen LogP contribution in [0.4, 0.5) is 0 Å². The van der Waals surface area contributed by atoms with Gasteiger partial charge in [0.1, 0.15) is 0 Å². The Morgan fingerprint density at radius 1 is 1.10 bits per heavy atom. The lowest BCUT2D eigenvalue weighted by molar-refractivity contribution is -0.118. The molecule has 0 bridgehead atoms. The molecule has 1 amide bonds. The van der Waals surface area contributed by atoms with Gasteiger partial charge in [-0.15, -0.1) is 0 Å². The molecule has 0 aliphatic rings. The van der Waals surface area contributed by atoms with Gasteiger partial charge in [0, 0.05) is 31.4 Å². The van der Waals surface area contributed by atoms with E-state index in [0.717, 1.165) is 22.8 Å². The smallest absolute Gasteiger partial charge is 0.216 e. The molecule has 6 heteroatoms. The largest absolute Gasteiger partial charge is 0.356 e. The van der Waals surface area contributed by atoms with Crippen molar-refractivity contribution in [2.45, 2.75) is 32.3 Å². The van der Waals surface area contributed by atoms with E-state index in [1.165, 1.54) is 29.8 Å². The van der Waals surface area contributed by atoms with Gasteiger partial charge in [-0.3, -0.25) is 14.2 Å². The number of hydrogen-bond donors (Lipinski definition) is 1. The number of Topliss-reactive ketones (excluding diaryl/α,β-unsaturated/α-hetero) is 1. The topological polar surface area (TPSA) is 64.0 Å². The zero-order valence-electron chi connectivity index (χ0n) is 16.9. The molecular formula is C23H25N3O2S. The lowest BCUT2D eigenvalue weighted by Gasteiger charge is -2.11. The van der Waals surface area contributed by atoms with Crippen LogP contribution in [0.2, 0.25) is 0 Å². The lowest BCUT2D eigenvalue weighted by Crippen LogP contribution is -2.22. The van der Waals surface area contributed by atoms with Gasteiger partial charge in [0.2, 0.25) is 5.91 Å². The molecule has 1 heterocycles. The minimum absolute atomic E-state index is 0.0342. The van der Waals surface area contributed by atoms with E-state index in [-0.39, 0.29) is 11.7 Å². The molecule has 0 saturated carbocycles. The van der Waals surface area contributed by atoms with E-state index in [1.807, 2.05) is 35.0 Å². The van der Waals surface area contributed by atoms with Crippen molar-refractivity contribution < 1.29 is 9.59 Å². The number of ketones is 1. The molecule has 0 atom stereocenters. The van der Waals surface area contributed by atoms with Crippen molar-refractivity contribution in [1.29, 1.82) is 0 Å². The second-order valence-electron chi connectivity index (χ2n) is 7.01. The highest BCUT2D eigenvalue weighted by Gasteiger charge is 2.12. The van der Waals surface area contributed by atoms with E-state index in [4.69, 9.17) is 0 Å². The molecule has 0 unspecified atom stereocenters. The molecule has 0 spiro atoms. The number of benzene rings is 2. The fraction of sp³-hybridized carbons (Fsp3) is 0.261. The van der Waals surface area contributed by atoms with Crippen LogP contribution in [0.25, 0.3) is 5.69 Å². The predicted octanol–water partition coefficient (Wildman–Crippen LogP) is 4.14. The number of carbonyl (C=O) groups excluding carboxylic acids is 2. The molecule has 150 valence electrons. The molecule has 0 saturated heterocycles. The molecular weight excluding hydrogens is 382 g/mol. The number of aromatic nitrogens is 2. The van der Waals surface area contributed by atoms with Crippen LogP contribution in [0, 0.1) is 13.8 Å². The van der Waals surface area contributed by atoms with Gasteiger partial charge in [0.05, 0.1) is 11.4 Å². The summed E-state index contributed by atoms with van der Waals surface area (Å²) in [6.45, 7) is 6.25. The van der Waals surface area contributed by atoms with Crippen LogP contribution in [0.15, 0.2) is 60.0 Å². The molecule has 29 heavy (non-hydrogen) atoms. The van der Waals surface area contributed by atoms with Gasteiger partial charge in [-0.25, -0.2) is 4.98 Å². The Labute approximate surface area is 175 Å². The van der Waals surface area contributed by atoms with Crippen LogP contribution < -0.4 is 5.32 Å². The summed E-state index contributed by atoms with van der Waals surface area (Å²) in [5, 5.41) is 3.58. The molecule has 2 aromatic carbocycles. The number of nitrogens with one attached hydrogen (secondary N) is 1. The Kier molecular flexibility index (Phi) is 6.88. The molecule has 5 nitrogen and oxygen atoms in total. The van der Waals surface area contributed by atoms with Gasteiger partial charge in [-0.1, -0.05) is 53.7 Å². The van der Waals surface area contributed by atoms with Gasteiger partial charge < -0.3 is 5.32 Å². The first-order valence-electron chi connectivity index (χ1n) is 9.54. The number of thioether (sulfide) groups is 1. The zero-order chi connectivity index (χ0) is 20.8. The van der Waals surface area contributed by atoms with E-state index in [1.54, 1.807) is 6.20 Å². The fourth-order valence-corrected chi connectivity index (χ4v) is 3.97. The highest BCUT2D eigenvalue weighted by molar-refractivity contribution is 7.99. The first kappa shape index (κ1) is 20.9. The number of imidazole rings is 1. The molecule has 3 rings (SSSR count). The predicted molar refractivity (Wildman–Crippen MR) is 117 cm³/mol. The summed E-state index contributed by atoms with van der Waals surface area (Å²) in [5.74, 6) is 0.360. The number of nitrogens with zero attached hydrogens (tertiary/aromatic N) is 2. The van der Waals surface area contributed by atoms with E-state index in [2.05, 4.69) is 42.3 Å². The van der Waals surface area contributed by atoms with Crippen molar-refractivity contribution >= 4 is 23.5 Å². The highest BCUT2D eigenvalue weighted by Crippen LogP contribution is 2.24.